The van der Waals surface area contributed by atoms with Gasteiger partial charge >= 0.3 is 5.97 Å². The lowest BCUT2D eigenvalue weighted by Crippen LogP contribution is -2.17. The van der Waals surface area contributed by atoms with Crippen LogP contribution >= 0.6 is 11.6 Å². The fraction of sp³-hybridized carbons (Fsp3) is 0.238. The smallest absolute Gasteiger partial charge is 0.359 e. The molecule has 0 fully saturated rings. The molecule has 0 saturated heterocycles. The third-order valence-corrected chi connectivity index (χ3v) is 4.16. The molecule has 8 nitrogen and oxygen atoms in total. The van der Waals surface area contributed by atoms with Crippen LogP contribution in [0.1, 0.15) is 41.6 Å². The highest BCUT2D eigenvalue weighted by Gasteiger charge is 2.21. The lowest BCUT2D eigenvalue weighted by atomic mass is 10.0. The van der Waals surface area contributed by atoms with Crippen molar-refractivity contribution in [3.63, 3.8) is 0 Å². The summed E-state index contributed by atoms with van der Waals surface area (Å²) in [6.45, 7) is 5.34. The van der Waals surface area contributed by atoms with Crippen molar-refractivity contribution in [1.82, 2.24) is 14.8 Å². The monoisotopic (exact) mass is 430 g/mol. The number of carbonyl (C=O) groups is 2. The van der Waals surface area contributed by atoms with E-state index in [2.05, 4.69) is 15.4 Å². The number of benzene rings is 1. The molecule has 0 aliphatic rings. The number of aliphatic hydroxyl groups excluding tert-OH is 1. The number of esters is 1. The van der Waals surface area contributed by atoms with Crippen molar-refractivity contribution < 1.29 is 19.4 Å². The molecule has 2 aromatic heterocycles. The second-order valence-corrected chi connectivity index (χ2v) is 6.31. The van der Waals surface area contributed by atoms with Gasteiger partial charge in [-0.3, -0.25) is 9.48 Å². The first kappa shape index (κ1) is 23.1. The lowest BCUT2D eigenvalue weighted by Gasteiger charge is -2.10. The van der Waals surface area contributed by atoms with Gasteiger partial charge < -0.3 is 15.2 Å². The van der Waals surface area contributed by atoms with Gasteiger partial charge in [-0.05, 0) is 36.8 Å². The molecule has 3 aromatic rings. The molecule has 9 heteroatoms. The number of ether oxygens (including phenoxy) is 1. The molecule has 1 atom stereocenters. The van der Waals surface area contributed by atoms with Crippen molar-refractivity contribution in [3.8, 4) is 11.1 Å². The van der Waals surface area contributed by atoms with Gasteiger partial charge in [0.15, 0.2) is 17.8 Å². The number of carbonyl (C=O) groups excluding carboxylic acids is 2. The maximum absolute atomic E-state index is 12.4. The zero-order valence-electron chi connectivity index (χ0n) is 17.1. The van der Waals surface area contributed by atoms with E-state index in [-0.39, 0.29) is 17.4 Å². The van der Waals surface area contributed by atoms with Gasteiger partial charge in [0.05, 0.1) is 11.2 Å². The van der Waals surface area contributed by atoms with E-state index in [0.717, 1.165) is 0 Å². The Morgan fingerprint density at radius 3 is 2.47 bits per heavy atom. The largest absolute Gasteiger partial charge is 0.432 e. The number of anilines is 1. The minimum Gasteiger partial charge on any atom is -0.432 e. The number of aryl methyl sites for hydroxylation is 1. The van der Waals surface area contributed by atoms with Crippen LogP contribution in [0.15, 0.2) is 48.8 Å². The summed E-state index contributed by atoms with van der Waals surface area (Å²) in [6.07, 6.45) is 1.81. The molecule has 0 saturated carbocycles. The Morgan fingerprint density at radius 1 is 1.20 bits per heavy atom. The number of halogens is 1. The van der Waals surface area contributed by atoms with E-state index in [4.69, 9.17) is 16.3 Å². The Kier molecular flexibility index (Phi) is 8.08. The molecule has 1 aromatic carbocycles. The SMILES string of the molecule is CC.CC(O)OC(=O)c1c(-c2ccc(C(=O)Nc3ncccc3Cl)cc2)cnn1C. The van der Waals surface area contributed by atoms with Gasteiger partial charge in [-0.2, -0.15) is 5.10 Å². The van der Waals surface area contributed by atoms with Crippen LogP contribution in [0.4, 0.5) is 5.82 Å². The van der Waals surface area contributed by atoms with Crippen LogP contribution in [0.25, 0.3) is 11.1 Å². The van der Waals surface area contributed by atoms with E-state index in [9.17, 15) is 14.7 Å². The number of hydrogen-bond acceptors (Lipinski definition) is 6. The van der Waals surface area contributed by atoms with Crippen LogP contribution in [-0.2, 0) is 11.8 Å². The first-order valence-electron chi connectivity index (χ1n) is 9.30. The highest BCUT2D eigenvalue weighted by atomic mass is 35.5. The minimum absolute atomic E-state index is 0.193. The van der Waals surface area contributed by atoms with Crippen LogP contribution in [0.2, 0.25) is 5.02 Å². The second-order valence-electron chi connectivity index (χ2n) is 5.90. The molecule has 0 aliphatic heterocycles. The Bertz CT molecular complexity index is 1020. The molecular weight excluding hydrogens is 408 g/mol. The summed E-state index contributed by atoms with van der Waals surface area (Å²) in [5.41, 5.74) is 1.77. The van der Waals surface area contributed by atoms with E-state index >= 15 is 0 Å². The van der Waals surface area contributed by atoms with Crippen LogP contribution in [0, 0.1) is 0 Å². The van der Waals surface area contributed by atoms with Crippen LogP contribution < -0.4 is 5.32 Å². The van der Waals surface area contributed by atoms with Crippen molar-refractivity contribution in [2.75, 3.05) is 5.32 Å². The average molecular weight is 431 g/mol. The standard InChI is InChI=1S/C19H17ClN4O4.C2H6/c1-11(25)28-19(27)16-14(10-22-24(16)2)12-5-7-13(8-6-12)18(26)23-17-15(20)4-3-9-21-17;1-2/h3-11,25H,1-2H3,(H,21,23,26);1-2H3. The van der Waals surface area contributed by atoms with Crippen LogP contribution in [0.5, 0.6) is 0 Å². The number of pyridine rings is 1. The van der Waals surface area contributed by atoms with Gasteiger partial charge in [0.25, 0.3) is 5.91 Å². The Balaban J connectivity index is 0.00000155. The quantitative estimate of drug-likeness (QED) is 0.469. The van der Waals surface area contributed by atoms with Gasteiger partial charge in [-0.25, -0.2) is 9.78 Å². The summed E-state index contributed by atoms with van der Waals surface area (Å²) in [5.74, 6) is -0.794. The highest BCUT2D eigenvalue weighted by molar-refractivity contribution is 6.33. The Hall–Kier alpha value is -3.23. The first-order valence-corrected chi connectivity index (χ1v) is 9.68. The topological polar surface area (TPSA) is 106 Å². The summed E-state index contributed by atoms with van der Waals surface area (Å²) in [5, 5.41) is 16.3. The summed E-state index contributed by atoms with van der Waals surface area (Å²) in [7, 11) is 1.60. The molecule has 0 aliphatic carbocycles. The number of aliphatic hydroxyl groups is 1. The third-order valence-electron chi connectivity index (χ3n) is 3.86. The van der Waals surface area contributed by atoms with Gasteiger partial charge in [0.1, 0.15) is 0 Å². The van der Waals surface area contributed by atoms with Gasteiger partial charge in [-0.15, -0.1) is 0 Å². The fourth-order valence-corrected chi connectivity index (χ4v) is 2.73. The average Bonchev–Trinajstić information content (AvgIpc) is 3.12. The third kappa shape index (κ3) is 5.43. The summed E-state index contributed by atoms with van der Waals surface area (Å²) in [4.78, 5) is 28.6. The summed E-state index contributed by atoms with van der Waals surface area (Å²) >= 11 is 6.00. The first-order chi connectivity index (χ1) is 14.4. The number of nitrogens with zero attached hydrogens (tertiary/aromatic N) is 3. The van der Waals surface area contributed by atoms with Gasteiger partial charge in [0, 0.05) is 24.4 Å². The van der Waals surface area contributed by atoms with Gasteiger partial charge in [-0.1, -0.05) is 37.6 Å². The van der Waals surface area contributed by atoms with Gasteiger partial charge in [0.2, 0.25) is 0 Å². The lowest BCUT2D eigenvalue weighted by molar-refractivity contribution is -0.0530. The Morgan fingerprint density at radius 2 is 1.87 bits per heavy atom. The molecular formula is C21H23ClN4O4. The Labute approximate surface area is 179 Å². The van der Waals surface area contributed by atoms with E-state index in [1.165, 1.54) is 24.0 Å². The highest BCUT2D eigenvalue weighted by Crippen LogP contribution is 2.25. The molecule has 2 heterocycles. The normalized spacial score (nSPS) is 11.1. The van der Waals surface area contributed by atoms with Crippen LogP contribution in [0.3, 0.4) is 0 Å². The van der Waals surface area contributed by atoms with Crippen molar-refractivity contribution in [2.45, 2.75) is 27.1 Å². The molecule has 30 heavy (non-hydrogen) atoms. The number of hydrogen-bond donors (Lipinski definition) is 2. The summed E-state index contributed by atoms with van der Waals surface area (Å²) in [6, 6.07) is 9.89. The van der Waals surface area contributed by atoms with Crippen molar-refractivity contribution in [2.24, 2.45) is 7.05 Å². The molecule has 0 bridgehead atoms. The van der Waals surface area contributed by atoms with E-state index in [1.54, 1.807) is 43.4 Å². The van der Waals surface area contributed by atoms with Crippen molar-refractivity contribution >= 4 is 29.3 Å². The molecule has 2 N–H and O–H groups in total. The van der Waals surface area contributed by atoms with Crippen molar-refractivity contribution in [1.29, 1.82) is 0 Å². The summed E-state index contributed by atoms with van der Waals surface area (Å²) < 4.78 is 6.21. The second kappa shape index (κ2) is 10.5. The molecule has 158 valence electrons. The van der Waals surface area contributed by atoms with E-state index < -0.39 is 12.3 Å². The predicted octanol–water partition coefficient (Wildman–Crippen LogP) is 3.91. The molecule has 0 radical (unpaired) electrons. The number of nitrogens with one attached hydrogen (secondary N) is 1. The van der Waals surface area contributed by atoms with Crippen LogP contribution in [-0.4, -0.2) is 38.0 Å². The molecule has 0 spiro atoms. The number of aromatic nitrogens is 3. The predicted molar refractivity (Wildman–Crippen MR) is 114 cm³/mol. The minimum atomic E-state index is -1.24. The number of rotatable bonds is 5. The molecule has 3 rings (SSSR count). The zero-order valence-corrected chi connectivity index (χ0v) is 17.8. The van der Waals surface area contributed by atoms with E-state index in [1.807, 2.05) is 13.8 Å². The maximum Gasteiger partial charge on any atom is 0.359 e. The molecule has 1 amide bonds. The molecule has 1 unspecified atom stereocenters. The fourth-order valence-electron chi connectivity index (χ4n) is 2.56. The van der Waals surface area contributed by atoms with E-state index in [0.29, 0.717) is 21.7 Å². The van der Waals surface area contributed by atoms with Crippen molar-refractivity contribution in [3.05, 3.63) is 65.1 Å². The zero-order chi connectivity index (χ0) is 22.3. The maximum atomic E-state index is 12.4. The number of amides is 1.